The van der Waals surface area contributed by atoms with Crippen LogP contribution in [0.15, 0.2) is 40.2 Å². The lowest BCUT2D eigenvalue weighted by Crippen LogP contribution is -2.12. The number of benzene rings is 1. The maximum Gasteiger partial charge on any atom is 0.0465 e. The van der Waals surface area contributed by atoms with Crippen LogP contribution in [0.2, 0.25) is 0 Å². The Morgan fingerprint density at radius 2 is 2.11 bits per heavy atom. The molecule has 2 aromatic rings. The van der Waals surface area contributed by atoms with Crippen LogP contribution in [-0.2, 0) is 12.8 Å². The molecule has 96 valence electrons. The predicted octanol–water partition coefficient (Wildman–Crippen LogP) is 4.21. The minimum atomic E-state index is 0.240. The van der Waals surface area contributed by atoms with Crippen LogP contribution in [0.5, 0.6) is 0 Å². The topological polar surface area (TPSA) is 20.2 Å². The summed E-state index contributed by atoms with van der Waals surface area (Å²) >= 11 is 5.22. The van der Waals surface area contributed by atoms with E-state index < -0.39 is 0 Å². The van der Waals surface area contributed by atoms with E-state index in [0.717, 1.165) is 17.3 Å². The van der Waals surface area contributed by atoms with Crippen molar-refractivity contribution >= 4 is 27.3 Å². The third-order valence-electron chi connectivity index (χ3n) is 2.98. The summed E-state index contributed by atoms with van der Waals surface area (Å²) in [4.78, 5) is 1.33. The minimum absolute atomic E-state index is 0.240. The average molecular weight is 325 g/mol. The summed E-state index contributed by atoms with van der Waals surface area (Å²) in [5, 5.41) is 11.6. The Labute approximate surface area is 121 Å². The van der Waals surface area contributed by atoms with Crippen molar-refractivity contribution in [2.75, 3.05) is 6.61 Å². The van der Waals surface area contributed by atoms with Crippen molar-refractivity contribution < 1.29 is 5.11 Å². The SMILES string of the molecule is Cc1cccc(CC(CO)Cc2cc(Br)cs2)c1. The van der Waals surface area contributed by atoms with Gasteiger partial charge >= 0.3 is 0 Å². The number of aliphatic hydroxyl groups excluding tert-OH is 1. The molecule has 0 amide bonds. The van der Waals surface area contributed by atoms with Crippen molar-refractivity contribution in [2.24, 2.45) is 5.92 Å². The molecule has 0 bridgehead atoms. The van der Waals surface area contributed by atoms with Gasteiger partial charge in [0.15, 0.2) is 0 Å². The van der Waals surface area contributed by atoms with E-state index in [1.165, 1.54) is 16.0 Å². The zero-order valence-electron chi connectivity index (χ0n) is 10.4. The zero-order chi connectivity index (χ0) is 13.0. The number of hydrogen-bond donors (Lipinski definition) is 1. The van der Waals surface area contributed by atoms with E-state index in [0.29, 0.717) is 5.92 Å². The standard InChI is InChI=1S/C15H17BrOS/c1-11-3-2-4-12(5-11)6-13(9-17)7-15-8-14(16)10-18-15/h2-5,8,10,13,17H,6-7,9H2,1H3. The highest BCUT2D eigenvalue weighted by Gasteiger charge is 2.11. The van der Waals surface area contributed by atoms with Crippen LogP contribution in [0.4, 0.5) is 0 Å². The van der Waals surface area contributed by atoms with Gasteiger partial charge in [0.2, 0.25) is 0 Å². The summed E-state index contributed by atoms with van der Waals surface area (Å²) in [7, 11) is 0. The number of thiophene rings is 1. The van der Waals surface area contributed by atoms with Gasteiger partial charge in [-0.3, -0.25) is 0 Å². The zero-order valence-corrected chi connectivity index (χ0v) is 12.8. The van der Waals surface area contributed by atoms with Gasteiger partial charge in [-0.25, -0.2) is 0 Å². The molecule has 3 heteroatoms. The fraction of sp³-hybridized carbons (Fsp3) is 0.333. The molecule has 1 N–H and O–H groups in total. The van der Waals surface area contributed by atoms with Gasteiger partial charge in [0.1, 0.15) is 0 Å². The van der Waals surface area contributed by atoms with Crippen LogP contribution in [0, 0.1) is 12.8 Å². The van der Waals surface area contributed by atoms with E-state index in [1.807, 2.05) is 0 Å². The highest BCUT2D eigenvalue weighted by Crippen LogP contribution is 2.24. The van der Waals surface area contributed by atoms with Crippen LogP contribution in [0.1, 0.15) is 16.0 Å². The minimum Gasteiger partial charge on any atom is -0.396 e. The molecular weight excluding hydrogens is 308 g/mol. The van der Waals surface area contributed by atoms with Gasteiger partial charge in [0, 0.05) is 21.3 Å². The first-order valence-corrected chi connectivity index (χ1v) is 7.74. The molecule has 0 aliphatic heterocycles. The van der Waals surface area contributed by atoms with Gasteiger partial charge < -0.3 is 5.11 Å². The van der Waals surface area contributed by atoms with Gasteiger partial charge in [-0.15, -0.1) is 11.3 Å². The molecule has 1 atom stereocenters. The van der Waals surface area contributed by atoms with Gasteiger partial charge in [-0.2, -0.15) is 0 Å². The second kappa shape index (κ2) is 6.50. The van der Waals surface area contributed by atoms with Gasteiger partial charge in [0.25, 0.3) is 0 Å². The Balaban J connectivity index is 2.01. The van der Waals surface area contributed by atoms with Gasteiger partial charge in [0.05, 0.1) is 0 Å². The lowest BCUT2D eigenvalue weighted by Gasteiger charge is -2.13. The maximum absolute atomic E-state index is 9.52. The molecule has 0 fully saturated rings. The summed E-state index contributed by atoms with van der Waals surface area (Å²) < 4.78 is 1.13. The first-order valence-electron chi connectivity index (χ1n) is 6.06. The van der Waals surface area contributed by atoms with Crippen molar-refractivity contribution in [3.05, 3.63) is 56.2 Å². The molecule has 1 aromatic carbocycles. The molecule has 0 aliphatic carbocycles. The summed E-state index contributed by atoms with van der Waals surface area (Å²) in [6.45, 7) is 2.34. The molecule has 0 saturated heterocycles. The van der Waals surface area contributed by atoms with Crippen molar-refractivity contribution in [1.29, 1.82) is 0 Å². The number of aryl methyl sites for hydroxylation is 1. The summed E-state index contributed by atoms with van der Waals surface area (Å²) in [6.07, 6.45) is 1.88. The normalized spacial score (nSPS) is 12.6. The van der Waals surface area contributed by atoms with E-state index in [-0.39, 0.29) is 6.61 Å². The number of hydrogen-bond acceptors (Lipinski definition) is 2. The quantitative estimate of drug-likeness (QED) is 0.873. The second-order valence-electron chi connectivity index (χ2n) is 4.68. The van der Waals surface area contributed by atoms with Crippen LogP contribution in [0.3, 0.4) is 0 Å². The highest BCUT2D eigenvalue weighted by molar-refractivity contribution is 9.10. The van der Waals surface area contributed by atoms with Crippen molar-refractivity contribution in [2.45, 2.75) is 19.8 Å². The van der Waals surface area contributed by atoms with Crippen LogP contribution >= 0.6 is 27.3 Å². The highest BCUT2D eigenvalue weighted by atomic mass is 79.9. The molecule has 0 saturated carbocycles. The Morgan fingerprint density at radius 1 is 1.28 bits per heavy atom. The van der Waals surface area contributed by atoms with E-state index in [2.05, 4.69) is 58.6 Å². The summed E-state index contributed by atoms with van der Waals surface area (Å²) in [5.74, 6) is 0.303. The van der Waals surface area contributed by atoms with Crippen LogP contribution in [0.25, 0.3) is 0 Å². The molecule has 0 spiro atoms. The fourth-order valence-electron chi connectivity index (χ4n) is 2.12. The molecule has 1 nitrogen and oxygen atoms in total. The molecule has 1 heterocycles. The molecule has 0 radical (unpaired) electrons. The van der Waals surface area contributed by atoms with Crippen molar-refractivity contribution in [3.63, 3.8) is 0 Å². The van der Waals surface area contributed by atoms with Crippen LogP contribution in [-0.4, -0.2) is 11.7 Å². The Hall–Kier alpha value is -0.640. The Kier molecular flexibility index (Phi) is 4.98. The van der Waals surface area contributed by atoms with E-state index in [4.69, 9.17) is 0 Å². The Bertz CT molecular complexity index is 507. The number of aliphatic hydroxyl groups is 1. The lowest BCUT2D eigenvalue weighted by molar-refractivity contribution is 0.225. The first-order chi connectivity index (χ1) is 8.67. The van der Waals surface area contributed by atoms with Crippen molar-refractivity contribution in [3.8, 4) is 0 Å². The summed E-state index contributed by atoms with van der Waals surface area (Å²) in [5.41, 5.74) is 2.59. The molecular formula is C15H17BrOS. The van der Waals surface area contributed by atoms with Crippen LogP contribution < -0.4 is 0 Å². The van der Waals surface area contributed by atoms with Gasteiger partial charge in [-0.1, -0.05) is 29.8 Å². The first kappa shape index (κ1) is 13.8. The second-order valence-corrected chi connectivity index (χ2v) is 6.59. The average Bonchev–Trinajstić information content (AvgIpc) is 2.74. The molecule has 0 aliphatic rings. The fourth-order valence-corrected chi connectivity index (χ4v) is 3.69. The molecule has 1 aromatic heterocycles. The predicted molar refractivity (Wildman–Crippen MR) is 81.2 cm³/mol. The lowest BCUT2D eigenvalue weighted by atomic mass is 9.95. The number of halogens is 1. The largest absolute Gasteiger partial charge is 0.396 e. The van der Waals surface area contributed by atoms with Gasteiger partial charge in [-0.05, 0) is 53.2 Å². The van der Waals surface area contributed by atoms with E-state index in [9.17, 15) is 5.11 Å². The maximum atomic E-state index is 9.52. The van der Waals surface area contributed by atoms with E-state index in [1.54, 1.807) is 11.3 Å². The Morgan fingerprint density at radius 3 is 2.72 bits per heavy atom. The molecule has 2 rings (SSSR count). The third-order valence-corrected chi connectivity index (χ3v) is 4.70. The smallest absolute Gasteiger partial charge is 0.0465 e. The third kappa shape index (κ3) is 3.94. The van der Waals surface area contributed by atoms with Crippen molar-refractivity contribution in [1.82, 2.24) is 0 Å². The number of rotatable bonds is 5. The molecule has 1 unspecified atom stereocenters. The monoisotopic (exact) mass is 324 g/mol. The van der Waals surface area contributed by atoms with E-state index >= 15 is 0 Å². The molecule has 18 heavy (non-hydrogen) atoms. The summed E-state index contributed by atoms with van der Waals surface area (Å²) in [6, 6.07) is 10.7.